The Bertz CT molecular complexity index is 1330. The van der Waals surface area contributed by atoms with Crippen LogP contribution in [0, 0.1) is 12.7 Å². The van der Waals surface area contributed by atoms with E-state index in [2.05, 4.69) is 15.4 Å². The molecule has 1 fully saturated rings. The summed E-state index contributed by atoms with van der Waals surface area (Å²) in [6.07, 6.45) is -0.580. The van der Waals surface area contributed by atoms with Crippen LogP contribution in [0.25, 0.3) is 6.08 Å². The van der Waals surface area contributed by atoms with Crippen LogP contribution in [0.5, 0.6) is 0 Å². The number of alkyl halides is 3. The van der Waals surface area contributed by atoms with E-state index in [4.69, 9.17) is 0 Å². The predicted octanol–water partition coefficient (Wildman–Crippen LogP) is 3.96. The van der Waals surface area contributed by atoms with E-state index < -0.39 is 17.6 Å². The number of nitrogens with zero attached hydrogens (tertiary/aromatic N) is 6. The lowest BCUT2D eigenvalue weighted by atomic mass is 10.0. The first kappa shape index (κ1) is 27.0. The van der Waals surface area contributed by atoms with Crippen LogP contribution in [0.1, 0.15) is 45.7 Å². The lowest BCUT2D eigenvalue weighted by Gasteiger charge is -2.36. The van der Waals surface area contributed by atoms with Gasteiger partial charge in [-0.25, -0.2) is 4.39 Å². The Kier molecular flexibility index (Phi) is 7.88. The van der Waals surface area contributed by atoms with Crippen molar-refractivity contribution in [3.05, 3.63) is 82.4 Å². The minimum atomic E-state index is -4.52. The van der Waals surface area contributed by atoms with Crippen molar-refractivity contribution in [2.45, 2.75) is 38.5 Å². The summed E-state index contributed by atoms with van der Waals surface area (Å²) >= 11 is 0. The van der Waals surface area contributed by atoms with Crippen LogP contribution in [0.4, 0.5) is 17.6 Å². The molecule has 12 heteroatoms. The van der Waals surface area contributed by atoms with Gasteiger partial charge in [0.15, 0.2) is 5.82 Å². The van der Waals surface area contributed by atoms with Gasteiger partial charge in [-0.05, 0) is 78.6 Å². The maximum Gasteiger partial charge on any atom is 0.416 e. The number of carbonyl (C=O) groups excluding carboxylic acids is 2. The fourth-order valence-corrected chi connectivity index (χ4v) is 4.33. The van der Waals surface area contributed by atoms with E-state index in [1.54, 1.807) is 23.8 Å². The van der Waals surface area contributed by atoms with Gasteiger partial charge in [-0.2, -0.15) is 18.0 Å². The van der Waals surface area contributed by atoms with E-state index in [9.17, 15) is 27.2 Å². The molecule has 1 saturated heterocycles. The highest BCUT2D eigenvalue weighted by atomic mass is 19.4. The van der Waals surface area contributed by atoms with Gasteiger partial charge in [0.2, 0.25) is 5.91 Å². The monoisotopic (exact) mass is 530 g/mol. The second-order valence-electron chi connectivity index (χ2n) is 9.09. The second-order valence-corrected chi connectivity index (χ2v) is 9.09. The van der Waals surface area contributed by atoms with Crippen LogP contribution < -0.4 is 0 Å². The van der Waals surface area contributed by atoms with Gasteiger partial charge in [0.05, 0.1) is 12.1 Å². The summed E-state index contributed by atoms with van der Waals surface area (Å²) in [7, 11) is 1.69. The van der Waals surface area contributed by atoms with Crippen molar-refractivity contribution in [2.24, 2.45) is 0 Å². The van der Waals surface area contributed by atoms with Crippen molar-refractivity contribution < 1.29 is 27.2 Å². The molecule has 4 rings (SSSR count). The van der Waals surface area contributed by atoms with E-state index >= 15 is 0 Å². The van der Waals surface area contributed by atoms with Crippen LogP contribution in [0.3, 0.4) is 0 Å². The molecule has 2 aromatic carbocycles. The summed E-state index contributed by atoms with van der Waals surface area (Å²) in [6.45, 7) is 2.40. The molecule has 0 radical (unpaired) electrons. The van der Waals surface area contributed by atoms with E-state index in [1.807, 2.05) is 0 Å². The Morgan fingerprint density at radius 1 is 1.11 bits per heavy atom. The third-order valence-corrected chi connectivity index (χ3v) is 6.48. The van der Waals surface area contributed by atoms with Gasteiger partial charge in [0.1, 0.15) is 5.82 Å². The first-order chi connectivity index (χ1) is 18.0. The van der Waals surface area contributed by atoms with Gasteiger partial charge in [-0.15, -0.1) is 10.2 Å². The zero-order valence-electron chi connectivity index (χ0n) is 20.8. The summed E-state index contributed by atoms with van der Waals surface area (Å²) in [5, 5.41) is 11.6. The Morgan fingerprint density at radius 3 is 2.39 bits per heavy atom. The van der Waals surface area contributed by atoms with E-state index in [1.165, 1.54) is 47.3 Å². The SMILES string of the molecule is Cc1nnn(Cc2cc(C(F)(F)F)ccc2/C=C/C(=O)N2CCC(N(C)C(=O)c3ccc(F)cc3)CC2)n1. The Hall–Kier alpha value is -4.09. The molecule has 0 N–H and O–H groups in total. The van der Waals surface area contributed by atoms with E-state index in [0.29, 0.717) is 48.4 Å². The number of halogens is 4. The molecule has 3 aromatic rings. The van der Waals surface area contributed by atoms with E-state index in [0.717, 1.165) is 12.1 Å². The van der Waals surface area contributed by atoms with Crippen molar-refractivity contribution in [1.82, 2.24) is 30.0 Å². The number of rotatable bonds is 6. The standard InChI is InChI=1S/C26H26F4N6O2/c1-17-31-33-36(32-17)16-20-15-21(26(28,29)30)7-3-18(20)6-10-24(37)35-13-11-23(12-14-35)34(2)25(38)19-4-8-22(27)9-5-19/h3-10,15,23H,11-14,16H2,1-2H3/b10-6+. The van der Waals surface area contributed by atoms with Crippen molar-refractivity contribution in [2.75, 3.05) is 20.1 Å². The van der Waals surface area contributed by atoms with Crippen LogP contribution in [0.2, 0.25) is 0 Å². The lowest BCUT2D eigenvalue weighted by molar-refractivity contribution is -0.137. The van der Waals surface area contributed by atoms with Crippen molar-refractivity contribution in [3.8, 4) is 0 Å². The highest BCUT2D eigenvalue weighted by Crippen LogP contribution is 2.31. The Balaban J connectivity index is 1.41. The first-order valence-corrected chi connectivity index (χ1v) is 12.0. The summed E-state index contributed by atoms with van der Waals surface area (Å²) in [5.41, 5.74) is 0.301. The number of aromatic nitrogens is 4. The number of hydrogen-bond donors (Lipinski definition) is 0. The molecule has 0 aliphatic carbocycles. The molecule has 2 heterocycles. The second kappa shape index (κ2) is 11.1. The average Bonchev–Trinajstić information content (AvgIpc) is 3.31. The lowest BCUT2D eigenvalue weighted by Crippen LogP contribution is -2.47. The molecule has 0 saturated carbocycles. The van der Waals surface area contributed by atoms with E-state index in [-0.39, 0.29) is 24.4 Å². The molecule has 0 atom stereocenters. The fraction of sp³-hybridized carbons (Fsp3) is 0.346. The van der Waals surface area contributed by atoms with Gasteiger partial charge >= 0.3 is 6.18 Å². The molecule has 38 heavy (non-hydrogen) atoms. The molecule has 0 bridgehead atoms. The molecule has 1 aliphatic heterocycles. The van der Waals surface area contributed by atoms with Crippen LogP contribution in [-0.4, -0.2) is 68.0 Å². The zero-order chi connectivity index (χ0) is 27.4. The van der Waals surface area contributed by atoms with Gasteiger partial charge in [-0.3, -0.25) is 9.59 Å². The molecule has 2 amide bonds. The van der Waals surface area contributed by atoms with Crippen LogP contribution >= 0.6 is 0 Å². The van der Waals surface area contributed by atoms with Crippen LogP contribution in [0.15, 0.2) is 48.5 Å². The number of piperidine rings is 1. The number of benzene rings is 2. The average molecular weight is 531 g/mol. The van der Waals surface area contributed by atoms with Gasteiger partial charge < -0.3 is 9.80 Å². The Morgan fingerprint density at radius 2 is 1.79 bits per heavy atom. The van der Waals surface area contributed by atoms with Crippen molar-refractivity contribution in [3.63, 3.8) is 0 Å². The normalized spacial score (nSPS) is 14.7. The quantitative estimate of drug-likeness (QED) is 0.356. The Labute approximate surface area is 216 Å². The third kappa shape index (κ3) is 6.42. The third-order valence-electron chi connectivity index (χ3n) is 6.48. The van der Waals surface area contributed by atoms with Crippen molar-refractivity contribution in [1.29, 1.82) is 0 Å². The molecule has 0 unspecified atom stereocenters. The number of hydrogen-bond acceptors (Lipinski definition) is 5. The molecule has 8 nitrogen and oxygen atoms in total. The highest BCUT2D eigenvalue weighted by molar-refractivity contribution is 5.94. The minimum absolute atomic E-state index is 0.0432. The van der Waals surface area contributed by atoms with Gasteiger partial charge in [-0.1, -0.05) is 6.07 Å². The number of amides is 2. The van der Waals surface area contributed by atoms with Crippen molar-refractivity contribution >= 4 is 17.9 Å². The minimum Gasteiger partial charge on any atom is -0.339 e. The zero-order valence-corrected chi connectivity index (χ0v) is 20.8. The maximum absolute atomic E-state index is 13.3. The largest absolute Gasteiger partial charge is 0.416 e. The number of aryl methyl sites for hydroxylation is 1. The number of carbonyl (C=O) groups is 2. The smallest absolute Gasteiger partial charge is 0.339 e. The number of tetrazole rings is 1. The predicted molar refractivity (Wildman–Crippen MR) is 130 cm³/mol. The summed E-state index contributed by atoms with van der Waals surface area (Å²) in [6, 6.07) is 8.56. The molecule has 1 aromatic heterocycles. The molecule has 0 spiro atoms. The fourth-order valence-electron chi connectivity index (χ4n) is 4.33. The molecule has 200 valence electrons. The molecular formula is C26H26F4N6O2. The number of likely N-dealkylation sites (tertiary alicyclic amines) is 1. The molecule has 1 aliphatic rings. The summed E-state index contributed by atoms with van der Waals surface area (Å²) < 4.78 is 53.0. The summed E-state index contributed by atoms with van der Waals surface area (Å²) in [4.78, 5) is 30.0. The first-order valence-electron chi connectivity index (χ1n) is 12.0. The molecular weight excluding hydrogens is 504 g/mol. The topological polar surface area (TPSA) is 84.2 Å². The van der Waals surface area contributed by atoms with Gasteiger partial charge in [0, 0.05) is 37.8 Å². The van der Waals surface area contributed by atoms with Crippen LogP contribution in [-0.2, 0) is 17.5 Å². The highest BCUT2D eigenvalue weighted by Gasteiger charge is 2.31. The summed E-state index contributed by atoms with van der Waals surface area (Å²) in [5.74, 6) is -0.534. The maximum atomic E-state index is 13.3. The van der Waals surface area contributed by atoms with Gasteiger partial charge in [0.25, 0.3) is 5.91 Å².